The van der Waals surface area contributed by atoms with Gasteiger partial charge in [-0.1, -0.05) is 38.2 Å². The third kappa shape index (κ3) is 11.1. The minimum atomic E-state index is -1.02. The Labute approximate surface area is 282 Å². The van der Waals surface area contributed by atoms with Crippen molar-refractivity contribution in [2.24, 2.45) is 17.6 Å². The van der Waals surface area contributed by atoms with Crippen LogP contribution >= 0.6 is 0 Å². The van der Waals surface area contributed by atoms with Gasteiger partial charge in [0.2, 0.25) is 11.6 Å². The van der Waals surface area contributed by atoms with Crippen molar-refractivity contribution in [3.8, 4) is 0 Å². The SMILES string of the molecule is CO[C@H]1/C=C\C=C(\C)C(=O)NC2=C(NCCCO)C(=O)C(NCCCO)=C(C[C@@H](C)C[C@H](OC)[C@H](O)[C@@H](C)/C=C(/C)[C@@H]1OC(N)=O)C2=O. The van der Waals surface area contributed by atoms with Gasteiger partial charge >= 0.3 is 6.09 Å². The van der Waals surface area contributed by atoms with Crippen LogP contribution in [0.1, 0.15) is 53.4 Å². The van der Waals surface area contributed by atoms with Crippen LogP contribution in [-0.4, -0.2) is 104 Å². The standard InChI is InChI=1S/C34H52N4O10/c1-19-16-23-26(36-12-8-14-39)31(43)27(37-13-9-15-40)28(30(23)42)38-33(44)20(2)10-7-11-24(46-5)32(48-34(35)45)22(4)18-21(3)29(41)25(17-19)47-6/h7,10-11,18-19,21,24-25,29,32,36-37,39-41H,8-9,12-17H2,1-6H3,(H2,35,45)(H,38,44)/b11-7-,20-10-,22-18-/t19-,21+,24+,25+,29-,32+/m1/s1. The predicted molar refractivity (Wildman–Crippen MR) is 178 cm³/mol. The number of nitrogens with two attached hydrogens (primary N) is 1. The van der Waals surface area contributed by atoms with Crippen LogP contribution in [0.15, 0.2) is 58.1 Å². The van der Waals surface area contributed by atoms with E-state index < -0.39 is 53.9 Å². The molecule has 0 fully saturated rings. The number of aliphatic hydroxyl groups excluding tert-OH is 3. The predicted octanol–water partition coefficient (Wildman–Crippen LogP) is 1.03. The first-order valence-electron chi connectivity index (χ1n) is 16.1. The Bertz CT molecular complexity index is 1320. The Kier molecular flexibility index (Phi) is 16.7. The molecule has 0 spiro atoms. The monoisotopic (exact) mass is 676 g/mol. The van der Waals surface area contributed by atoms with E-state index in [-0.39, 0.29) is 73.3 Å². The summed E-state index contributed by atoms with van der Waals surface area (Å²) in [5.74, 6) is -2.53. The normalized spacial score (nSPS) is 29.4. The van der Waals surface area contributed by atoms with Crippen LogP contribution in [0.5, 0.6) is 0 Å². The van der Waals surface area contributed by atoms with Crippen LogP contribution in [-0.2, 0) is 28.6 Å². The highest BCUT2D eigenvalue weighted by Crippen LogP contribution is 2.30. The number of fused-ring (bicyclic) bond motifs is 2. The summed E-state index contributed by atoms with van der Waals surface area (Å²) in [6.07, 6.45) is 2.82. The molecule has 268 valence electrons. The van der Waals surface area contributed by atoms with Gasteiger partial charge in [0.1, 0.15) is 17.5 Å². The van der Waals surface area contributed by atoms with Gasteiger partial charge in [0, 0.05) is 57.6 Å². The molecule has 0 aromatic carbocycles. The summed E-state index contributed by atoms with van der Waals surface area (Å²) in [7, 11) is 2.89. The van der Waals surface area contributed by atoms with Gasteiger partial charge < -0.3 is 51.2 Å². The maximum atomic E-state index is 14.2. The molecule has 14 heteroatoms. The molecule has 2 bridgehead atoms. The minimum absolute atomic E-state index is 0.0541. The number of amides is 2. The number of hydrogen-bond acceptors (Lipinski definition) is 12. The smallest absolute Gasteiger partial charge is 0.405 e. The second-order valence-corrected chi connectivity index (χ2v) is 12.1. The van der Waals surface area contributed by atoms with E-state index in [0.717, 1.165) is 0 Å². The van der Waals surface area contributed by atoms with E-state index in [1.54, 1.807) is 26.0 Å². The third-order valence-electron chi connectivity index (χ3n) is 8.22. The van der Waals surface area contributed by atoms with Crippen molar-refractivity contribution in [2.45, 2.75) is 77.8 Å². The number of methoxy groups -OCH3 is 2. The van der Waals surface area contributed by atoms with Gasteiger partial charge in [-0.3, -0.25) is 14.4 Å². The zero-order chi connectivity index (χ0) is 36.0. The van der Waals surface area contributed by atoms with E-state index >= 15 is 0 Å². The van der Waals surface area contributed by atoms with Gasteiger partial charge in [-0.2, -0.15) is 0 Å². The van der Waals surface area contributed by atoms with Crippen molar-refractivity contribution >= 4 is 23.6 Å². The molecule has 48 heavy (non-hydrogen) atoms. The molecule has 1 aliphatic heterocycles. The average molecular weight is 677 g/mol. The van der Waals surface area contributed by atoms with Crippen LogP contribution in [0, 0.1) is 11.8 Å². The van der Waals surface area contributed by atoms with Crippen LogP contribution < -0.4 is 21.7 Å². The average Bonchev–Trinajstić information content (AvgIpc) is 3.04. The number of ether oxygens (including phenoxy) is 3. The highest BCUT2D eigenvalue weighted by atomic mass is 16.6. The van der Waals surface area contributed by atoms with Gasteiger partial charge in [-0.25, -0.2) is 4.79 Å². The van der Waals surface area contributed by atoms with Crippen LogP contribution in [0.25, 0.3) is 0 Å². The number of aliphatic hydroxyl groups is 3. The molecule has 0 saturated carbocycles. The number of Topliss-reactive ketones (excluding diaryl/α,β-unsaturated/α-hetero) is 2. The van der Waals surface area contributed by atoms with Crippen molar-refractivity contribution in [1.82, 2.24) is 16.0 Å². The molecule has 6 atom stereocenters. The fourth-order valence-electron chi connectivity index (χ4n) is 5.60. The maximum Gasteiger partial charge on any atom is 0.405 e. The number of primary amides is 1. The number of allylic oxidation sites excluding steroid dienone is 3. The number of hydrogen-bond donors (Lipinski definition) is 7. The lowest BCUT2D eigenvalue weighted by atomic mass is 9.84. The molecule has 0 radical (unpaired) electrons. The number of carbonyl (C=O) groups excluding carboxylic acids is 4. The summed E-state index contributed by atoms with van der Waals surface area (Å²) in [6.45, 7) is 6.97. The summed E-state index contributed by atoms with van der Waals surface area (Å²) >= 11 is 0. The first-order chi connectivity index (χ1) is 22.8. The Morgan fingerprint density at radius 2 is 1.62 bits per heavy atom. The lowest BCUT2D eigenvalue weighted by Crippen LogP contribution is -2.43. The van der Waals surface area contributed by atoms with Gasteiger partial charge in [0.15, 0.2) is 6.10 Å². The van der Waals surface area contributed by atoms with Gasteiger partial charge in [0.25, 0.3) is 5.91 Å². The molecule has 0 saturated heterocycles. The van der Waals surface area contributed by atoms with Gasteiger partial charge in [-0.05, 0) is 51.0 Å². The molecular weight excluding hydrogens is 624 g/mol. The minimum Gasteiger partial charge on any atom is -0.439 e. The second-order valence-electron chi connectivity index (χ2n) is 12.1. The molecule has 2 rings (SSSR count). The Balaban J connectivity index is 2.74. The first-order valence-corrected chi connectivity index (χ1v) is 16.1. The fraction of sp³-hybridized carbons (Fsp3) is 0.588. The molecule has 2 amide bonds. The Hall–Kier alpha value is -3.82. The second kappa shape index (κ2) is 19.9. The molecular formula is C34H52N4O10. The van der Waals surface area contributed by atoms with Crippen molar-refractivity contribution < 1.29 is 48.7 Å². The Morgan fingerprint density at radius 1 is 1.00 bits per heavy atom. The lowest BCUT2D eigenvalue weighted by Gasteiger charge is -2.30. The number of nitrogens with one attached hydrogen (secondary N) is 3. The zero-order valence-electron chi connectivity index (χ0n) is 28.7. The van der Waals surface area contributed by atoms with Crippen molar-refractivity contribution in [3.05, 3.63) is 58.1 Å². The fourth-order valence-corrected chi connectivity index (χ4v) is 5.60. The molecule has 1 aliphatic carbocycles. The summed E-state index contributed by atoms with van der Waals surface area (Å²) in [5, 5.41) is 38.6. The molecule has 2 aliphatic rings. The van der Waals surface area contributed by atoms with E-state index in [2.05, 4.69) is 16.0 Å². The van der Waals surface area contributed by atoms with Gasteiger partial charge in [0.05, 0.1) is 17.9 Å². The van der Waals surface area contributed by atoms with Crippen LogP contribution in [0.4, 0.5) is 4.79 Å². The van der Waals surface area contributed by atoms with E-state index in [1.807, 2.05) is 6.92 Å². The first kappa shape index (κ1) is 40.4. The largest absolute Gasteiger partial charge is 0.439 e. The van der Waals surface area contributed by atoms with Crippen molar-refractivity contribution in [1.29, 1.82) is 0 Å². The molecule has 0 aromatic rings. The van der Waals surface area contributed by atoms with Crippen LogP contribution in [0.3, 0.4) is 0 Å². The number of ketones is 2. The summed E-state index contributed by atoms with van der Waals surface area (Å²) in [5.41, 5.74) is 5.97. The molecule has 8 N–H and O–H groups in total. The van der Waals surface area contributed by atoms with Crippen molar-refractivity contribution in [2.75, 3.05) is 40.5 Å². The highest BCUT2D eigenvalue weighted by molar-refractivity contribution is 6.25. The Morgan fingerprint density at radius 3 is 2.19 bits per heavy atom. The topological polar surface area (TPSA) is 219 Å². The van der Waals surface area contributed by atoms with Gasteiger partial charge in [-0.15, -0.1) is 0 Å². The molecule has 0 aromatic heterocycles. The lowest BCUT2D eigenvalue weighted by molar-refractivity contribution is -0.120. The molecule has 0 unspecified atom stereocenters. The van der Waals surface area contributed by atoms with E-state index in [1.165, 1.54) is 33.3 Å². The highest BCUT2D eigenvalue weighted by Gasteiger charge is 2.37. The van der Waals surface area contributed by atoms with Crippen molar-refractivity contribution in [3.63, 3.8) is 0 Å². The maximum absolute atomic E-state index is 14.2. The summed E-state index contributed by atoms with van der Waals surface area (Å²) < 4.78 is 16.7. The third-order valence-corrected chi connectivity index (χ3v) is 8.22. The summed E-state index contributed by atoms with van der Waals surface area (Å²) in [6, 6.07) is 0. The zero-order valence-corrected chi connectivity index (χ0v) is 28.7. The van der Waals surface area contributed by atoms with E-state index in [9.17, 15) is 34.5 Å². The molecule has 14 nitrogen and oxygen atoms in total. The number of carbonyl (C=O) groups is 4. The summed E-state index contributed by atoms with van der Waals surface area (Å²) in [4.78, 5) is 53.3. The van der Waals surface area contributed by atoms with Crippen LogP contribution in [0.2, 0.25) is 0 Å². The quantitative estimate of drug-likeness (QED) is 0.0928. The van der Waals surface area contributed by atoms with E-state index in [4.69, 9.17) is 19.9 Å². The number of rotatable bonds is 11. The van der Waals surface area contributed by atoms with E-state index in [0.29, 0.717) is 18.4 Å². The molecule has 1 heterocycles.